The number of rotatable bonds is 4. The van der Waals surface area contributed by atoms with Crippen molar-refractivity contribution in [1.82, 2.24) is 4.98 Å². The van der Waals surface area contributed by atoms with Crippen LogP contribution in [0.25, 0.3) is 0 Å². The molecular weight excluding hydrogens is 341 g/mol. The number of carbonyl (C=O) groups is 1. The topological polar surface area (TPSA) is 54.0 Å². The fourth-order valence-corrected chi connectivity index (χ4v) is 2.73. The number of benzene rings is 2. The van der Waals surface area contributed by atoms with Gasteiger partial charge in [0.25, 0.3) is 5.91 Å². The van der Waals surface area contributed by atoms with Crippen molar-refractivity contribution >= 4 is 23.1 Å². The zero-order chi connectivity index (χ0) is 19.4. The van der Waals surface area contributed by atoms with Crippen LogP contribution in [0.3, 0.4) is 0 Å². The number of nitrogens with zero attached hydrogens (tertiary/aromatic N) is 1. The molecule has 0 aliphatic carbocycles. The predicted octanol–water partition coefficient (Wildman–Crippen LogP) is 5.51. The van der Waals surface area contributed by atoms with Crippen molar-refractivity contribution in [2.45, 2.75) is 26.2 Å². The number of hydrogen-bond donors (Lipinski definition) is 2. The van der Waals surface area contributed by atoms with Gasteiger partial charge in [-0.1, -0.05) is 39.0 Å². The third kappa shape index (κ3) is 4.70. The molecule has 1 amide bonds. The first-order valence-electron chi connectivity index (χ1n) is 8.72. The van der Waals surface area contributed by atoms with Crippen LogP contribution in [0.5, 0.6) is 0 Å². The van der Waals surface area contributed by atoms with Gasteiger partial charge in [-0.2, -0.15) is 0 Å². The molecule has 4 nitrogen and oxygen atoms in total. The Hall–Kier alpha value is -3.21. The van der Waals surface area contributed by atoms with Crippen LogP contribution in [0.1, 0.15) is 36.7 Å². The summed E-state index contributed by atoms with van der Waals surface area (Å²) in [5.74, 6) is 0.00116. The van der Waals surface area contributed by atoms with Gasteiger partial charge in [0.1, 0.15) is 11.6 Å². The van der Waals surface area contributed by atoms with E-state index in [4.69, 9.17) is 0 Å². The molecule has 1 aromatic heterocycles. The van der Waals surface area contributed by atoms with Crippen molar-refractivity contribution in [2.75, 3.05) is 10.6 Å². The molecule has 0 atom stereocenters. The van der Waals surface area contributed by atoms with Crippen LogP contribution in [0, 0.1) is 5.82 Å². The molecule has 0 aliphatic rings. The van der Waals surface area contributed by atoms with Gasteiger partial charge < -0.3 is 10.6 Å². The zero-order valence-electron chi connectivity index (χ0n) is 15.6. The van der Waals surface area contributed by atoms with Gasteiger partial charge in [-0.15, -0.1) is 0 Å². The van der Waals surface area contributed by atoms with Crippen LogP contribution in [-0.2, 0) is 5.41 Å². The van der Waals surface area contributed by atoms with E-state index in [-0.39, 0.29) is 17.1 Å². The van der Waals surface area contributed by atoms with Crippen molar-refractivity contribution in [1.29, 1.82) is 0 Å². The van der Waals surface area contributed by atoms with E-state index in [0.717, 1.165) is 5.69 Å². The van der Waals surface area contributed by atoms with Crippen molar-refractivity contribution in [2.24, 2.45) is 0 Å². The summed E-state index contributed by atoms with van der Waals surface area (Å²) in [6, 6.07) is 17.1. The molecular formula is C22H22FN3O. The fraction of sp³-hybridized carbons (Fsp3) is 0.182. The van der Waals surface area contributed by atoms with Gasteiger partial charge in [0.2, 0.25) is 0 Å². The van der Waals surface area contributed by atoms with Crippen LogP contribution in [0.2, 0.25) is 0 Å². The Bertz CT molecular complexity index is 929. The van der Waals surface area contributed by atoms with Crippen LogP contribution < -0.4 is 10.6 Å². The number of pyridine rings is 1. The van der Waals surface area contributed by atoms with Gasteiger partial charge in [-0.05, 0) is 53.4 Å². The van der Waals surface area contributed by atoms with Crippen LogP contribution >= 0.6 is 0 Å². The molecule has 0 spiro atoms. The Morgan fingerprint density at radius 1 is 0.963 bits per heavy atom. The molecule has 0 saturated heterocycles. The molecule has 3 aromatic rings. The van der Waals surface area contributed by atoms with Gasteiger partial charge in [-0.25, -0.2) is 9.37 Å². The maximum Gasteiger partial charge on any atom is 0.255 e. The normalized spacial score (nSPS) is 11.1. The molecule has 138 valence electrons. The van der Waals surface area contributed by atoms with Gasteiger partial charge in [0.05, 0.1) is 11.9 Å². The Morgan fingerprint density at radius 2 is 1.67 bits per heavy atom. The maximum absolute atomic E-state index is 13.0. The number of nitrogens with one attached hydrogen (secondary N) is 2. The smallest absolute Gasteiger partial charge is 0.255 e. The molecule has 0 radical (unpaired) electrons. The fourth-order valence-electron chi connectivity index (χ4n) is 2.73. The summed E-state index contributed by atoms with van der Waals surface area (Å²) in [4.78, 5) is 16.6. The Balaban J connectivity index is 1.71. The molecule has 0 saturated carbocycles. The summed E-state index contributed by atoms with van der Waals surface area (Å²) in [6.07, 6.45) is 1.59. The van der Waals surface area contributed by atoms with E-state index in [0.29, 0.717) is 17.1 Å². The summed E-state index contributed by atoms with van der Waals surface area (Å²) in [6.45, 7) is 6.49. The minimum absolute atomic E-state index is 0.00661. The minimum Gasteiger partial charge on any atom is -0.340 e. The minimum atomic E-state index is -0.376. The van der Waals surface area contributed by atoms with Crippen molar-refractivity contribution in [3.8, 4) is 0 Å². The predicted molar refractivity (Wildman–Crippen MR) is 107 cm³/mol. The van der Waals surface area contributed by atoms with E-state index in [9.17, 15) is 9.18 Å². The van der Waals surface area contributed by atoms with E-state index in [1.54, 1.807) is 18.3 Å². The average molecular weight is 363 g/mol. The Labute approximate surface area is 158 Å². The number of amides is 1. The number of para-hydroxylation sites is 1. The van der Waals surface area contributed by atoms with E-state index in [1.165, 1.54) is 29.8 Å². The second kappa shape index (κ2) is 7.58. The molecule has 0 bridgehead atoms. The first-order chi connectivity index (χ1) is 12.8. The standard InChI is InChI=1S/C22H22FN3O/c1-22(2,3)18-6-4-5-7-19(18)26-20-13-12-17(14-24-20)25-21(27)15-8-10-16(23)11-9-15/h4-14H,1-3H3,(H,24,26)(H,25,27). The Morgan fingerprint density at radius 3 is 2.30 bits per heavy atom. The summed E-state index contributed by atoms with van der Waals surface area (Å²) in [5.41, 5.74) is 3.16. The molecule has 0 unspecified atom stereocenters. The lowest BCUT2D eigenvalue weighted by Crippen LogP contribution is -2.14. The highest BCUT2D eigenvalue weighted by atomic mass is 19.1. The van der Waals surface area contributed by atoms with Crippen LogP contribution in [0.4, 0.5) is 21.6 Å². The van der Waals surface area contributed by atoms with Gasteiger partial charge in [-0.3, -0.25) is 4.79 Å². The second-order valence-corrected chi connectivity index (χ2v) is 7.31. The molecule has 0 aliphatic heterocycles. The lowest BCUT2D eigenvalue weighted by atomic mass is 9.86. The first-order valence-corrected chi connectivity index (χ1v) is 8.72. The van der Waals surface area contributed by atoms with Gasteiger partial charge in [0.15, 0.2) is 0 Å². The SMILES string of the molecule is CC(C)(C)c1ccccc1Nc1ccc(NC(=O)c2ccc(F)cc2)cn1. The summed E-state index contributed by atoms with van der Waals surface area (Å²) in [7, 11) is 0. The first kappa shape index (κ1) is 18.6. The van der Waals surface area contributed by atoms with E-state index < -0.39 is 0 Å². The lowest BCUT2D eigenvalue weighted by Gasteiger charge is -2.23. The van der Waals surface area contributed by atoms with Crippen LogP contribution in [-0.4, -0.2) is 10.9 Å². The molecule has 3 rings (SSSR count). The van der Waals surface area contributed by atoms with E-state index >= 15 is 0 Å². The highest BCUT2D eigenvalue weighted by molar-refractivity contribution is 6.04. The monoisotopic (exact) mass is 363 g/mol. The number of carbonyl (C=O) groups excluding carboxylic acids is 1. The molecule has 27 heavy (non-hydrogen) atoms. The van der Waals surface area contributed by atoms with E-state index in [2.05, 4.69) is 42.5 Å². The molecule has 1 heterocycles. The quantitative estimate of drug-likeness (QED) is 0.642. The summed E-state index contributed by atoms with van der Waals surface area (Å²) < 4.78 is 13.0. The van der Waals surface area contributed by atoms with Crippen molar-refractivity contribution < 1.29 is 9.18 Å². The molecule has 5 heteroatoms. The number of anilines is 3. The number of hydrogen-bond acceptors (Lipinski definition) is 3. The zero-order valence-corrected chi connectivity index (χ0v) is 15.6. The number of halogens is 1. The molecule has 2 N–H and O–H groups in total. The highest BCUT2D eigenvalue weighted by Crippen LogP contribution is 2.30. The third-order valence-corrected chi connectivity index (χ3v) is 4.13. The van der Waals surface area contributed by atoms with Crippen molar-refractivity contribution in [3.63, 3.8) is 0 Å². The maximum atomic E-state index is 13.0. The van der Waals surface area contributed by atoms with E-state index in [1.807, 2.05) is 18.2 Å². The Kier molecular flexibility index (Phi) is 5.21. The lowest BCUT2D eigenvalue weighted by molar-refractivity contribution is 0.102. The number of aromatic nitrogens is 1. The van der Waals surface area contributed by atoms with Gasteiger partial charge >= 0.3 is 0 Å². The van der Waals surface area contributed by atoms with Crippen LogP contribution in [0.15, 0.2) is 66.9 Å². The molecule has 2 aromatic carbocycles. The van der Waals surface area contributed by atoms with Gasteiger partial charge in [0, 0.05) is 11.3 Å². The third-order valence-electron chi connectivity index (χ3n) is 4.13. The van der Waals surface area contributed by atoms with Crippen molar-refractivity contribution in [3.05, 3.63) is 83.8 Å². The average Bonchev–Trinajstić information content (AvgIpc) is 2.63. The summed E-state index contributed by atoms with van der Waals surface area (Å²) in [5, 5.41) is 6.08. The highest BCUT2D eigenvalue weighted by Gasteiger charge is 2.17. The summed E-state index contributed by atoms with van der Waals surface area (Å²) >= 11 is 0. The second-order valence-electron chi connectivity index (χ2n) is 7.31. The largest absolute Gasteiger partial charge is 0.340 e. The molecule has 0 fully saturated rings.